The molecule has 27 heavy (non-hydrogen) atoms. The summed E-state index contributed by atoms with van der Waals surface area (Å²) in [7, 11) is 0. The minimum atomic E-state index is 0.0318. The maximum absolute atomic E-state index is 12.0. The summed E-state index contributed by atoms with van der Waals surface area (Å²) in [6.45, 7) is 5.10. The van der Waals surface area contributed by atoms with Crippen LogP contribution in [0.4, 0.5) is 0 Å². The third-order valence-corrected chi connectivity index (χ3v) is 5.21. The van der Waals surface area contributed by atoms with Crippen molar-refractivity contribution >= 4 is 17.2 Å². The Morgan fingerprint density at radius 2 is 2.00 bits per heavy atom. The molecule has 0 aliphatic carbocycles. The molecule has 2 heterocycles. The van der Waals surface area contributed by atoms with Crippen molar-refractivity contribution < 1.29 is 9.21 Å². The normalized spacial score (nSPS) is 11.1. The van der Waals surface area contributed by atoms with Crippen molar-refractivity contribution in [3.05, 3.63) is 64.3 Å². The van der Waals surface area contributed by atoms with Gasteiger partial charge in [-0.1, -0.05) is 44.2 Å². The Kier molecular flexibility index (Phi) is 6.82. The molecule has 0 spiro atoms. The predicted octanol–water partition coefficient (Wildman–Crippen LogP) is 4.89. The number of amides is 1. The summed E-state index contributed by atoms with van der Waals surface area (Å²) in [5, 5.41) is 5.00. The van der Waals surface area contributed by atoms with Crippen LogP contribution in [0.2, 0.25) is 0 Å². The zero-order valence-electron chi connectivity index (χ0n) is 15.9. The van der Waals surface area contributed by atoms with E-state index in [0.717, 1.165) is 24.2 Å². The van der Waals surface area contributed by atoms with Crippen LogP contribution in [-0.2, 0) is 24.1 Å². The predicted molar refractivity (Wildman–Crippen MR) is 110 cm³/mol. The molecule has 0 unspecified atom stereocenters. The van der Waals surface area contributed by atoms with Gasteiger partial charge in [0.2, 0.25) is 5.91 Å². The number of hydrogen-bond acceptors (Lipinski definition) is 4. The number of carbonyl (C=O) groups excluding carboxylic acids is 1. The number of rotatable bonds is 9. The molecule has 1 N–H and O–H groups in total. The van der Waals surface area contributed by atoms with Gasteiger partial charge < -0.3 is 9.73 Å². The van der Waals surface area contributed by atoms with Crippen molar-refractivity contribution in [1.29, 1.82) is 0 Å². The second-order valence-electron chi connectivity index (χ2n) is 7.09. The fourth-order valence-electron chi connectivity index (χ4n) is 2.92. The lowest BCUT2D eigenvalue weighted by molar-refractivity contribution is -0.121. The average Bonchev–Trinajstić information content (AvgIpc) is 3.32. The van der Waals surface area contributed by atoms with E-state index >= 15 is 0 Å². The van der Waals surface area contributed by atoms with Gasteiger partial charge in [0.05, 0.1) is 6.20 Å². The number of nitrogens with one attached hydrogen (secondary N) is 1. The SMILES string of the molecule is CC(C)Cc1ccc(-c2cnc(CCC(=O)NCCc3cccs3)o2)cc1. The monoisotopic (exact) mass is 382 g/mol. The van der Waals surface area contributed by atoms with Crippen molar-refractivity contribution in [2.24, 2.45) is 5.92 Å². The Hall–Kier alpha value is -2.40. The fourth-order valence-corrected chi connectivity index (χ4v) is 3.63. The van der Waals surface area contributed by atoms with Crippen LogP contribution < -0.4 is 5.32 Å². The van der Waals surface area contributed by atoms with Gasteiger partial charge >= 0.3 is 0 Å². The van der Waals surface area contributed by atoms with Crippen molar-refractivity contribution in [3.8, 4) is 11.3 Å². The standard InChI is InChI=1S/C22H26N2O2S/c1-16(2)14-17-5-7-18(8-6-17)20-15-24-22(26-20)10-9-21(25)23-12-11-19-4-3-13-27-19/h3-8,13,15-16H,9-12,14H2,1-2H3,(H,23,25). The summed E-state index contributed by atoms with van der Waals surface area (Å²) >= 11 is 1.71. The van der Waals surface area contributed by atoms with Gasteiger partial charge in [0.25, 0.3) is 0 Å². The molecule has 5 heteroatoms. The largest absolute Gasteiger partial charge is 0.441 e. The molecule has 0 saturated heterocycles. The maximum atomic E-state index is 12.0. The van der Waals surface area contributed by atoms with Crippen LogP contribution in [0, 0.1) is 5.92 Å². The lowest BCUT2D eigenvalue weighted by Crippen LogP contribution is -2.25. The molecule has 0 bridgehead atoms. The number of hydrogen-bond donors (Lipinski definition) is 1. The van der Waals surface area contributed by atoms with Crippen molar-refractivity contribution in [2.75, 3.05) is 6.54 Å². The number of thiophene rings is 1. The Bertz CT molecular complexity index is 836. The molecule has 3 aromatic rings. The summed E-state index contributed by atoms with van der Waals surface area (Å²) in [6, 6.07) is 12.5. The molecule has 0 aliphatic rings. The Labute approximate surface area is 164 Å². The van der Waals surface area contributed by atoms with Crippen LogP contribution in [0.15, 0.2) is 52.4 Å². The highest BCUT2D eigenvalue weighted by molar-refractivity contribution is 7.09. The van der Waals surface area contributed by atoms with Gasteiger partial charge in [-0.3, -0.25) is 4.79 Å². The van der Waals surface area contributed by atoms with Gasteiger partial charge in [-0.15, -0.1) is 11.3 Å². The minimum absolute atomic E-state index is 0.0318. The van der Waals surface area contributed by atoms with Crippen LogP contribution in [0.1, 0.15) is 36.6 Å². The molecular weight excluding hydrogens is 356 g/mol. The number of oxazole rings is 1. The van der Waals surface area contributed by atoms with Crippen LogP contribution in [0.25, 0.3) is 11.3 Å². The quantitative estimate of drug-likeness (QED) is 0.573. The summed E-state index contributed by atoms with van der Waals surface area (Å²) in [4.78, 5) is 17.6. The van der Waals surface area contributed by atoms with Crippen molar-refractivity contribution in [3.63, 3.8) is 0 Å². The van der Waals surface area contributed by atoms with Crippen LogP contribution in [-0.4, -0.2) is 17.4 Å². The highest BCUT2D eigenvalue weighted by Crippen LogP contribution is 2.22. The fraction of sp³-hybridized carbons (Fsp3) is 0.364. The maximum Gasteiger partial charge on any atom is 0.220 e. The lowest BCUT2D eigenvalue weighted by atomic mass is 10.0. The van der Waals surface area contributed by atoms with E-state index in [2.05, 4.69) is 59.9 Å². The van der Waals surface area contributed by atoms with Gasteiger partial charge in [-0.05, 0) is 35.8 Å². The number of carbonyl (C=O) groups is 1. The number of aromatic nitrogens is 1. The molecule has 0 radical (unpaired) electrons. The van der Waals surface area contributed by atoms with Gasteiger partial charge in [0, 0.05) is 29.8 Å². The van der Waals surface area contributed by atoms with Crippen molar-refractivity contribution in [1.82, 2.24) is 10.3 Å². The first kappa shape index (κ1) is 19.4. The first-order chi connectivity index (χ1) is 13.1. The molecule has 1 amide bonds. The molecule has 142 valence electrons. The van der Waals surface area contributed by atoms with E-state index < -0.39 is 0 Å². The highest BCUT2D eigenvalue weighted by Gasteiger charge is 2.09. The average molecular weight is 383 g/mol. The van der Waals surface area contributed by atoms with Gasteiger partial charge in [0.1, 0.15) is 0 Å². The smallest absolute Gasteiger partial charge is 0.220 e. The topological polar surface area (TPSA) is 55.1 Å². The van der Waals surface area contributed by atoms with Gasteiger partial charge in [-0.2, -0.15) is 0 Å². The molecule has 4 nitrogen and oxygen atoms in total. The second kappa shape index (κ2) is 9.51. The van der Waals surface area contributed by atoms with Crippen LogP contribution >= 0.6 is 11.3 Å². The summed E-state index contributed by atoms with van der Waals surface area (Å²) < 4.78 is 5.81. The summed E-state index contributed by atoms with van der Waals surface area (Å²) in [5.41, 5.74) is 2.34. The molecule has 0 fully saturated rings. The van der Waals surface area contributed by atoms with E-state index in [4.69, 9.17) is 4.42 Å². The number of aryl methyl sites for hydroxylation is 1. The molecule has 3 rings (SSSR count). The van der Waals surface area contributed by atoms with Crippen LogP contribution in [0.3, 0.4) is 0 Å². The highest BCUT2D eigenvalue weighted by atomic mass is 32.1. The minimum Gasteiger partial charge on any atom is -0.441 e. The van der Waals surface area contributed by atoms with E-state index in [1.54, 1.807) is 17.5 Å². The van der Waals surface area contributed by atoms with Gasteiger partial charge in [-0.25, -0.2) is 4.98 Å². The lowest BCUT2D eigenvalue weighted by Gasteiger charge is -2.05. The molecular formula is C22H26N2O2S. The molecule has 0 aliphatic heterocycles. The summed E-state index contributed by atoms with van der Waals surface area (Å²) in [5.74, 6) is 2.03. The molecule has 0 saturated carbocycles. The van der Waals surface area contributed by atoms with E-state index in [-0.39, 0.29) is 5.91 Å². The van der Waals surface area contributed by atoms with Crippen LogP contribution in [0.5, 0.6) is 0 Å². The third kappa shape index (κ3) is 6.07. The summed E-state index contributed by atoms with van der Waals surface area (Å²) in [6.07, 6.45) is 4.58. The number of benzene rings is 1. The third-order valence-electron chi connectivity index (χ3n) is 4.28. The number of nitrogens with zero attached hydrogens (tertiary/aromatic N) is 1. The first-order valence-corrected chi connectivity index (χ1v) is 10.3. The molecule has 2 aromatic heterocycles. The zero-order chi connectivity index (χ0) is 19.1. The van der Waals surface area contributed by atoms with E-state index in [9.17, 15) is 4.79 Å². The van der Waals surface area contributed by atoms with E-state index in [1.807, 2.05) is 6.07 Å². The Balaban J connectivity index is 1.45. The first-order valence-electron chi connectivity index (χ1n) is 9.43. The molecule has 0 atom stereocenters. The zero-order valence-corrected chi connectivity index (χ0v) is 16.7. The van der Waals surface area contributed by atoms with Gasteiger partial charge in [0.15, 0.2) is 11.7 Å². The van der Waals surface area contributed by atoms with E-state index in [1.165, 1.54) is 10.4 Å². The Morgan fingerprint density at radius 1 is 1.19 bits per heavy atom. The van der Waals surface area contributed by atoms with Crippen molar-refractivity contribution in [2.45, 2.75) is 39.5 Å². The Morgan fingerprint density at radius 3 is 2.70 bits per heavy atom. The molecule has 1 aromatic carbocycles. The van der Waals surface area contributed by atoms with E-state index in [0.29, 0.717) is 31.2 Å². The second-order valence-corrected chi connectivity index (χ2v) is 8.12.